The molecule has 2 aliphatic rings. The van der Waals surface area contributed by atoms with Crippen molar-refractivity contribution in [3.8, 4) is 0 Å². The molecule has 1 atom stereocenters. The van der Waals surface area contributed by atoms with Crippen LogP contribution in [0.5, 0.6) is 0 Å². The Bertz CT molecular complexity index is 696. The highest BCUT2D eigenvalue weighted by Crippen LogP contribution is 2.30. The summed E-state index contributed by atoms with van der Waals surface area (Å²) in [5.74, 6) is 0.218. The number of amides is 1. The quantitative estimate of drug-likeness (QED) is 0.898. The van der Waals surface area contributed by atoms with Crippen molar-refractivity contribution in [2.45, 2.75) is 31.1 Å². The van der Waals surface area contributed by atoms with E-state index in [-0.39, 0.29) is 16.7 Å². The summed E-state index contributed by atoms with van der Waals surface area (Å²) in [7, 11) is -3.53. The van der Waals surface area contributed by atoms with Gasteiger partial charge in [-0.1, -0.05) is 0 Å². The maximum absolute atomic E-state index is 12.5. The lowest BCUT2D eigenvalue weighted by molar-refractivity contribution is -0.116. The minimum Gasteiger partial charge on any atom is -0.381 e. The molecule has 0 aromatic heterocycles. The SMILES string of the molecule is CC(=O)N1CCc2cc(S(=O)(=O)NC[C@@H]3CCCOC3)ccc21. The lowest BCUT2D eigenvalue weighted by Crippen LogP contribution is -2.33. The summed E-state index contributed by atoms with van der Waals surface area (Å²) in [6, 6.07) is 4.97. The van der Waals surface area contributed by atoms with E-state index in [1.54, 1.807) is 23.1 Å². The molecule has 3 rings (SSSR count). The molecule has 0 radical (unpaired) electrons. The van der Waals surface area contributed by atoms with Crippen molar-refractivity contribution in [2.24, 2.45) is 5.92 Å². The van der Waals surface area contributed by atoms with Gasteiger partial charge >= 0.3 is 0 Å². The van der Waals surface area contributed by atoms with Crippen molar-refractivity contribution in [1.29, 1.82) is 0 Å². The molecule has 6 nitrogen and oxygen atoms in total. The first-order valence-corrected chi connectivity index (χ1v) is 9.44. The summed E-state index contributed by atoms with van der Waals surface area (Å²) in [5.41, 5.74) is 1.72. The van der Waals surface area contributed by atoms with Crippen molar-refractivity contribution >= 4 is 21.6 Å². The number of nitrogens with zero attached hydrogens (tertiary/aromatic N) is 1. The number of anilines is 1. The van der Waals surface area contributed by atoms with Gasteiger partial charge in [-0.2, -0.15) is 0 Å². The topological polar surface area (TPSA) is 75.7 Å². The second-order valence-electron chi connectivity index (χ2n) is 6.15. The van der Waals surface area contributed by atoms with Crippen LogP contribution >= 0.6 is 0 Å². The zero-order chi connectivity index (χ0) is 16.4. The van der Waals surface area contributed by atoms with Gasteiger partial charge in [0, 0.05) is 32.3 Å². The van der Waals surface area contributed by atoms with E-state index in [2.05, 4.69) is 4.72 Å². The van der Waals surface area contributed by atoms with Crippen LogP contribution in [0.1, 0.15) is 25.3 Å². The highest BCUT2D eigenvalue weighted by atomic mass is 32.2. The molecule has 0 aliphatic carbocycles. The van der Waals surface area contributed by atoms with Crippen molar-refractivity contribution in [3.63, 3.8) is 0 Å². The van der Waals surface area contributed by atoms with Crippen molar-refractivity contribution in [1.82, 2.24) is 4.72 Å². The van der Waals surface area contributed by atoms with Gasteiger partial charge in [-0.05, 0) is 48.9 Å². The van der Waals surface area contributed by atoms with E-state index in [0.717, 1.165) is 30.7 Å². The Morgan fingerprint density at radius 2 is 2.26 bits per heavy atom. The number of rotatable bonds is 4. The van der Waals surface area contributed by atoms with Crippen LogP contribution in [-0.2, 0) is 26.0 Å². The van der Waals surface area contributed by atoms with Gasteiger partial charge in [-0.3, -0.25) is 4.79 Å². The van der Waals surface area contributed by atoms with Gasteiger partial charge in [0.05, 0.1) is 11.5 Å². The number of ether oxygens (including phenoxy) is 1. The third kappa shape index (κ3) is 3.57. The zero-order valence-electron chi connectivity index (χ0n) is 13.2. The fourth-order valence-corrected chi connectivity index (χ4v) is 4.32. The van der Waals surface area contributed by atoms with Crippen LogP contribution in [0.4, 0.5) is 5.69 Å². The molecule has 1 fully saturated rings. The molecule has 1 amide bonds. The Kier molecular flexibility index (Phi) is 4.70. The fourth-order valence-electron chi connectivity index (χ4n) is 3.15. The molecule has 0 saturated carbocycles. The molecule has 2 heterocycles. The minimum absolute atomic E-state index is 0.0187. The highest BCUT2D eigenvalue weighted by molar-refractivity contribution is 7.89. The second-order valence-corrected chi connectivity index (χ2v) is 7.91. The molecule has 1 aromatic carbocycles. The summed E-state index contributed by atoms with van der Waals surface area (Å²) >= 11 is 0. The van der Waals surface area contributed by atoms with E-state index in [0.29, 0.717) is 26.1 Å². The molecule has 1 saturated heterocycles. The molecule has 7 heteroatoms. The van der Waals surface area contributed by atoms with E-state index in [1.165, 1.54) is 6.92 Å². The number of carbonyl (C=O) groups excluding carboxylic acids is 1. The van der Waals surface area contributed by atoms with Crippen molar-refractivity contribution < 1.29 is 17.9 Å². The van der Waals surface area contributed by atoms with Crippen LogP contribution in [0.15, 0.2) is 23.1 Å². The molecular formula is C16H22N2O4S. The molecule has 1 aromatic rings. The predicted molar refractivity (Wildman–Crippen MR) is 86.9 cm³/mol. The third-order valence-electron chi connectivity index (χ3n) is 4.45. The number of carbonyl (C=O) groups is 1. The number of fused-ring (bicyclic) bond motifs is 1. The van der Waals surface area contributed by atoms with Gasteiger partial charge in [-0.15, -0.1) is 0 Å². The number of nitrogens with one attached hydrogen (secondary N) is 1. The predicted octanol–water partition coefficient (Wildman–Crippen LogP) is 1.30. The van der Waals surface area contributed by atoms with Gasteiger partial charge in [0.1, 0.15) is 0 Å². The maximum Gasteiger partial charge on any atom is 0.240 e. The molecule has 0 spiro atoms. The molecule has 0 bridgehead atoms. The van der Waals surface area contributed by atoms with E-state index in [1.807, 2.05) is 0 Å². The Hall–Kier alpha value is -1.44. The molecule has 0 unspecified atom stereocenters. The van der Waals surface area contributed by atoms with E-state index in [4.69, 9.17) is 4.74 Å². The monoisotopic (exact) mass is 338 g/mol. The van der Waals surface area contributed by atoms with Gasteiger partial charge in [0.15, 0.2) is 0 Å². The van der Waals surface area contributed by atoms with E-state index < -0.39 is 10.0 Å². The highest BCUT2D eigenvalue weighted by Gasteiger charge is 2.25. The number of sulfonamides is 1. The normalized spacial score (nSPS) is 21.3. The number of benzene rings is 1. The van der Waals surface area contributed by atoms with Gasteiger partial charge in [-0.25, -0.2) is 13.1 Å². The van der Waals surface area contributed by atoms with Gasteiger partial charge in [0.25, 0.3) is 0 Å². The summed E-state index contributed by atoms with van der Waals surface area (Å²) in [4.78, 5) is 13.5. The Balaban J connectivity index is 1.72. The lowest BCUT2D eigenvalue weighted by atomic mass is 10.0. The van der Waals surface area contributed by atoms with Crippen LogP contribution in [-0.4, -0.2) is 40.6 Å². The molecule has 126 valence electrons. The average molecular weight is 338 g/mol. The van der Waals surface area contributed by atoms with Crippen LogP contribution < -0.4 is 9.62 Å². The van der Waals surface area contributed by atoms with E-state index >= 15 is 0 Å². The summed E-state index contributed by atoms with van der Waals surface area (Å²) in [5, 5.41) is 0. The van der Waals surface area contributed by atoms with Crippen LogP contribution in [0.25, 0.3) is 0 Å². The average Bonchev–Trinajstić information content (AvgIpc) is 2.97. The van der Waals surface area contributed by atoms with Crippen LogP contribution in [0, 0.1) is 5.92 Å². The van der Waals surface area contributed by atoms with E-state index in [9.17, 15) is 13.2 Å². The Morgan fingerprint density at radius 1 is 1.43 bits per heavy atom. The zero-order valence-corrected chi connectivity index (χ0v) is 14.1. The largest absolute Gasteiger partial charge is 0.381 e. The van der Waals surface area contributed by atoms with Gasteiger partial charge in [0.2, 0.25) is 15.9 Å². The molecule has 23 heavy (non-hydrogen) atoms. The summed E-state index contributed by atoms with van der Waals surface area (Å²) in [6.07, 6.45) is 2.65. The molecular weight excluding hydrogens is 316 g/mol. The number of hydrogen-bond donors (Lipinski definition) is 1. The van der Waals surface area contributed by atoms with Crippen molar-refractivity contribution in [2.75, 3.05) is 31.2 Å². The Morgan fingerprint density at radius 3 is 2.96 bits per heavy atom. The first kappa shape index (κ1) is 16.4. The standard InChI is InChI=1S/C16H22N2O4S/c1-12(19)18-7-6-14-9-15(4-5-16(14)18)23(20,21)17-10-13-3-2-8-22-11-13/h4-5,9,13,17H,2-3,6-8,10-11H2,1H3/t13-/m0/s1. The fraction of sp³-hybridized carbons (Fsp3) is 0.562. The first-order chi connectivity index (χ1) is 11.0. The minimum atomic E-state index is -3.53. The van der Waals surface area contributed by atoms with Crippen LogP contribution in [0.2, 0.25) is 0 Å². The molecule has 1 N–H and O–H groups in total. The smallest absolute Gasteiger partial charge is 0.240 e. The first-order valence-electron chi connectivity index (χ1n) is 7.96. The maximum atomic E-state index is 12.5. The number of hydrogen-bond acceptors (Lipinski definition) is 4. The van der Waals surface area contributed by atoms with Crippen molar-refractivity contribution in [3.05, 3.63) is 23.8 Å². The summed E-state index contributed by atoms with van der Waals surface area (Å²) in [6.45, 7) is 3.91. The lowest BCUT2D eigenvalue weighted by Gasteiger charge is -2.22. The molecule has 2 aliphatic heterocycles. The van der Waals surface area contributed by atoms with Gasteiger partial charge < -0.3 is 9.64 Å². The summed E-state index contributed by atoms with van der Waals surface area (Å²) < 4.78 is 33.0. The third-order valence-corrected chi connectivity index (χ3v) is 5.87. The van der Waals surface area contributed by atoms with Crippen LogP contribution in [0.3, 0.4) is 0 Å². The Labute approximate surface area is 136 Å². The second kappa shape index (κ2) is 6.59.